The molecule has 0 aromatic heterocycles. The highest BCUT2D eigenvalue weighted by atomic mass is 32.2. The van der Waals surface area contributed by atoms with Crippen LogP contribution in [0.4, 0.5) is 4.39 Å². The average Bonchev–Trinajstić information content (AvgIpc) is 2.29. The van der Waals surface area contributed by atoms with Crippen LogP contribution in [0, 0.1) is 5.82 Å². The van der Waals surface area contributed by atoms with Gasteiger partial charge in [-0.3, -0.25) is 0 Å². The van der Waals surface area contributed by atoms with Crippen molar-refractivity contribution in [3.8, 4) is 0 Å². The van der Waals surface area contributed by atoms with Crippen molar-refractivity contribution in [1.82, 2.24) is 5.32 Å². The smallest absolute Gasteiger partial charge is 0.137 e. The summed E-state index contributed by atoms with van der Waals surface area (Å²) in [6, 6.07) is 5.09. The second kappa shape index (κ2) is 6.89. The lowest BCUT2D eigenvalue weighted by molar-refractivity contribution is 0.300. The van der Waals surface area contributed by atoms with E-state index in [-0.39, 0.29) is 17.7 Å². The summed E-state index contributed by atoms with van der Waals surface area (Å²) in [6.45, 7) is 5.47. The van der Waals surface area contributed by atoms with Crippen LogP contribution in [0.1, 0.15) is 19.4 Å². The normalized spacial score (nSPS) is 12.8. The highest BCUT2D eigenvalue weighted by molar-refractivity contribution is 8.00. The van der Waals surface area contributed by atoms with Gasteiger partial charge >= 0.3 is 0 Å². The molecule has 0 fully saturated rings. The number of aliphatic hydroxyl groups excluding tert-OH is 1. The van der Waals surface area contributed by atoms with E-state index in [1.165, 1.54) is 17.8 Å². The molecule has 0 aliphatic rings. The van der Waals surface area contributed by atoms with E-state index in [1.807, 2.05) is 19.9 Å². The summed E-state index contributed by atoms with van der Waals surface area (Å²) >= 11 is 1.38. The van der Waals surface area contributed by atoms with Crippen LogP contribution >= 0.6 is 11.8 Å². The van der Waals surface area contributed by atoms with Crippen LogP contribution in [-0.2, 0) is 6.54 Å². The molecule has 90 valence electrons. The fraction of sp³-hybridized carbons (Fsp3) is 0.500. The van der Waals surface area contributed by atoms with Crippen LogP contribution in [0.15, 0.2) is 23.1 Å². The number of aliphatic hydroxyl groups is 1. The number of rotatable bonds is 6. The molecule has 0 saturated carbocycles. The fourth-order valence-electron chi connectivity index (χ4n) is 1.32. The zero-order valence-electron chi connectivity index (χ0n) is 9.66. The quantitative estimate of drug-likeness (QED) is 0.753. The minimum Gasteiger partial charge on any atom is -0.395 e. The molecule has 0 amide bonds. The van der Waals surface area contributed by atoms with Gasteiger partial charge in [0.15, 0.2) is 0 Å². The Bertz CT molecular complexity index is 333. The van der Waals surface area contributed by atoms with E-state index >= 15 is 0 Å². The van der Waals surface area contributed by atoms with Crippen LogP contribution in [0.3, 0.4) is 0 Å². The van der Waals surface area contributed by atoms with Crippen LogP contribution in [0.5, 0.6) is 0 Å². The van der Waals surface area contributed by atoms with Gasteiger partial charge in [0.25, 0.3) is 0 Å². The summed E-state index contributed by atoms with van der Waals surface area (Å²) in [7, 11) is 0. The lowest BCUT2D eigenvalue weighted by Gasteiger charge is -2.13. The molecule has 4 heteroatoms. The van der Waals surface area contributed by atoms with Crippen molar-refractivity contribution in [3.63, 3.8) is 0 Å². The molecule has 1 unspecified atom stereocenters. The summed E-state index contributed by atoms with van der Waals surface area (Å²) in [4.78, 5) is 0.644. The maximum Gasteiger partial charge on any atom is 0.137 e. The van der Waals surface area contributed by atoms with Gasteiger partial charge in [-0.25, -0.2) is 4.39 Å². The van der Waals surface area contributed by atoms with Gasteiger partial charge in [0.05, 0.1) is 6.61 Å². The number of nitrogens with one attached hydrogen (secondary N) is 1. The highest BCUT2D eigenvalue weighted by Crippen LogP contribution is 2.29. The van der Waals surface area contributed by atoms with Crippen LogP contribution in [0.2, 0.25) is 0 Å². The lowest BCUT2D eigenvalue weighted by Crippen LogP contribution is -2.13. The first-order chi connectivity index (χ1) is 7.69. The molecule has 0 radical (unpaired) electrons. The molecule has 1 rings (SSSR count). The molecule has 2 nitrogen and oxygen atoms in total. The second-order valence-corrected chi connectivity index (χ2v) is 5.07. The Morgan fingerprint density at radius 1 is 1.50 bits per heavy atom. The molecule has 1 aromatic carbocycles. The zero-order chi connectivity index (χ0) is 12.0. The van der Waals surface area contributed by atoms with Gasteiger partial charge < -0.3 is 10.4 Å². The predicted octanol–water partition coefficient (Wildman–Crippen LogP) is 2.41. The molecule has 0 bridgehead atoms. The van der Waals surface area contributed by atoms with Crippen molar-refractivity contribution in [2.24, 2.45) is 0 Å². The van der Waals surface area contributed by atoms with Gasteiger partial charge in [0.2, 0.25) is 0 Å². The van der Waals surface area contributed by atoms with Gasteiger partial charge in [-0.05, 0) is 18.2 Å². The van der Waals surface area contributed by atoms with E-state index in [2.05, 4.69) is 5.32 Å². The molecule has 2 N–H and O–H groups in total. The van der Waals surface area contributed by atoms with Crippen molar-refractivity contribution in [1.29, 1.82) is 0 Å². The Hall–Kier alpha value is -0.580. The van der Waals surface area contributed by atoms with Gasteiger partial charge in [-0.1, -0.05) is 26.0 Å². The Labute approximate surface area is 100 Å². The summed E-state index contributed by atoms with van der Waals surface area (Å²) in [5.74, 6) is -0.208. The molecular formula is C12H18FNOS. The first kappa shape index (κ1) is 13.5. The molecule has 0 saturated heterocycles. The van der Waals surface area contributed by atoms with Crippen LogP contribution < -0.4 is 5.32 Å². The first-order valence-corrected chi connectivity index (χ1v) is 6.32. The van der Waals surface area contributed by atoms with Crippen LogP contribution in [0.25, 0.3) is 0 Å². The number of thioether (sulfide) groups is 1. The number of halogens is 1. The summed E-state index contributed by atoms with van der Waals surface area (Å²) in [5.41, 5.74) is 0.951. The molecule has 0 spiro atoms. The summed E-state index contributed by atoms with van der Waals surface area (Å²) in [5, 5.41) is 12.2. The van der Waals surface area contributed by atoms with Gasteiger partial charge in [-0.2, -0.15) is 0 Å². The van der Waals surface area contributed by atoms with Gasteiger partial charge in [0.1, 0.15) is 5.82 Å². The second-order valence-electron chi connectivity index (χ2n) is 3.62. The van der Waals surface area contributed by atoms with E-state index in [9.17, 15) is 4.39 Å². The Morgan fingerprint density at radius 3 is 2.88 bits per heavy atom. The van der Waals surface area contributed by atoms with E-state index < -0.39 is 0 Å². The van der Waals surface area contributed by atoms with Crippen molar-refractivity contribution in [2.45, 2.75) is 30.5 Å². The Balaban J connectivity index is 2.85. The van der Waals surface area contributed by atoms with Crippen molar-refractivity contribution < 1.29 is 9.50 Å². The molecule has 1 aromatic rings. The standard InChI is InChI=1S/C12H18FNOS/c1-3-14-7-10-5-4-6-11(13)12(10)16-9(2)8-15/h4-6,9,14-15H,3,7-8H2,1-2H3. The average molecular weight is 243 g/mol. The predicted molar refractivity (Wildman–Crippen MR) is 66.2 cm³/mol. The third-order valence-corrected chi connectivity index (χ3v) is 3.43. The maximum atomic E-state index is 13.6. The van der Waals surface area contributed by atoms with E-state index in [4.69, 9.17) is 5.11 Å². The van der Waals surface area contributed by atoms with E-state index in [0.29, 0.717) is 11.4 Å². The SMILES string of the molecule is CCNCc1cccc(F)c1SC(C)CO. The third kappa shape index (κ3) is 3.77. The van der Waals surface area contributed by atoms with Crippen molar-refractivity contribution >= 4 is 11.8 Å². The van der Waals surface area contributed by atoms with Gasteiger partial charge in [0, 0.05) is 16.7 Å². The molecule has 16 heavy (non-hydrogen) atoms. The fourth-order valence-corrected chi connectivity index (χ4v) is 2.27. The van der Waals surface area contributed by atoms with Gasteiger partial charge in [-0.15, -0.1) is 11.8 Å². The molecule has 0 heterocycles. The zero-order valence-corrected chi connectivity index (χ0v) is 10.5. The van der Waals surface area contributed by atoms with Crippen molar-refractivity contribution in [2.75, 3.05) is 13.2 Å². The van der Waals surface area contributed by atoms with E-state index in [0.717, 1.165) is 12.1 Å². The summed E-state index contributed by atoms with van der Waals surface area (Å²) in [6.07, 6.45) is 0. The minimum atomic E-state index is -0.208. The molecule has 1 atom stereocenters. The minimum absolute atomic E-state index is 0.0114. The maximum absolute atomic E-state index is 13.6. The molecule has 0 aliphatic heterocycles. The number of hydrogen-bond acceptors (Lipinski definition) is 3. The molecule has 0 aliphatic carbocycles. The van der Waals surface area contributed by atoms with E-state index in [1.54, 1.807) is 6.07 Å². The van der Waals surface area contributed by atoms with Crippen LogP contribution in [-0.4, -0.2) is 23.5 Å². The Kier molecular flexibility index (Phi) is 5.80. The first-order valence-electron chi connectivity index (χ1n) is 5.44. The topological polar surface area (TPSA) is 32.3 Å². The lowest BCUT2D eigenvalue weighted by atomic mass is 10.2. The largest absolute Gasteiger partial charge is 0.395 e. The highest BCUT2D eigenvalue weighted by Gasteiger charge is 2.12. The Morgan fingerprint density at radius 2 is 2.25 bits per heavy atom. The van der Waals surface area contributed by atoms with Crippen molar-refractivity contribution in [3.05, 3.63) is 29.6 Å². The number of hydrogen-bond donors (Lipinski definition) is 2. The monoisotopic (exact) mass is 243 g/mol. The molecular weight excluding hydrogens is 225 g/mol. The third-order valence-electron chi connectivity index (χ3n) is 2.19. The number of benzene rings is 1. The summed E-state index contributed by atoms with van der Waals surface area (Å²) < 4.78 is 13.6.